The van der Waals surface area contributed by atoms with Crippen LogP contribution in [0.3, 0.4) is 0 Å². The lowest BCUT2D eigenvalue weighted by Gasteiger charge is -2.33. The van der Waals surface area contributed by atoms with Gasteiger partial charge in [0.15, 0.2) is 0 Å². The van der Waals surface area contributed by atoms with Crippen molar-refractivity contribution in [1.82, 2.24) is 4.98 Å². The number of anilines is 2. The monoisotopic (exact) mass is 191 g/mol. The minimum Gasteiger partial charge on any atom is -0.397 e. The Balaban J connectivity index is 2.41. The second-order valence-electron chi connectivity index (χ2n) is 4.82. The number of nitrogen functional groups attached to an aromatic ring is 1. The molecule has 2 heterocycles. The van der Waals surface area contributed by atoms with Gasteiger partial charge in [0.1, 0.15) is 5.82 Å². The Bertz CT molecular complexity index is 352. The van der Waals surface area contributed by atoms with Gasteiger partial charge in [0.2, 0.25) is 0 Å². The third-order valence-corrected chi connectivity index (χ3v) is 2.63. The lowest BCUT2D eigenvalue weighted by molar-refractivity contribution is 0.514. The molecule has 1 aliphatic rings. The van der Waals surface area contributed by atoms with Crippen LogP contribution in [0.25, 0.3) is 0 Å². The van der Waals surface area contributed by atoms with Crippen molar-refractivity contribution in [3.05, 3.63) is 17.8 Å². The van der Waals surface area contributed by atoms with Gasteiger partial charge in [-0.2, -0.15) is 0 Å². The summed E-state index contributed by atoms with van der Waals surface area (Å²) in [4.78, 5) is 6.74. The number of hydrogen-bond donors (Lipinski definition) is 1. The maximum atomic E-state index is 5.70. The summed E-state index contributed by atoms with van der Waals surface area (Å²) in [6, 6.07) is 2.04. The number of rotatable bonds is 0. The maximum absolute atomic E-state index is 5.70. The lowest BCUT2D eigenvalue weighted by atomic mass is 10.1. The van der Waals surface area contributed by atoms with Gasteiger partial charge in [-0.15, -0.1) is 0 Å². The van der Waals surface area contributed by atoms with Crippen LogP contribution in [0.5, 0.6) is 0 Å². The van der Waals surface area contributed by atoms with E-state index in [9.17, 15) is 0 Å². The molecule has 1 aromatic rings. The Morgan fingerprint density at radius 1 is 1.43 bits per heavy atom. The zero-order valence-electron chi connectivity index (χ0n) is 9.04. The Kier molecular flexibility index (Phi) is 1.91. The first-order valence-corrected chi connectivity index (χ1v) is 5.00. The maximum Gasteiger partial charge on any atom is 0.132 e. The van der Waals surface area contributed by atoms with Crippen molar-refractivity contribution in [2.24, 2.45) is 0 Å². The zero-order chi connectivity index (χ0) is 10.3. The van der Waals surface area contributed by atoms with Crippen LogP contribution in [0.4, 0.5) is 11.5 Å². The molecule has 0 spiro atoms. The van der Waals surface area contributed by atoms with Crippen molar-refractivity contribution >= 4 is 11.5 Å². The highest BCUT2D eigenvalue weighted by Gasteiger charge is 2.29. The van der Waals surface area contributed by atoms with E-state index in [0.717, 1.165) is 24.5 Å². The highest BCUT2D eigenvalue weighted by atomic mass is 15.3. The van der Waals surface area contributed by atoms with E-state index in [0.29, 0.717) is 0 Å². The minimum absolute atomic E-state index is 0.147. The normalized spacial score (nSPS) is 15.8. The summed E-state index contributed by atoms with van der Waals surface area (Å²) in [5.74, 6) is 1.10. The summed E-state index contributed by atoms with van der Waals surface area (Å²) in [6.07, 6.45) is 2.80. The van der Waals surface area contributed by atoms with Crippen LogP contribution in [-0.4, -0.2) is 17.1 Å². The lowest BCUT2D eigenvalue weighted by Crippen LogP contribution is -2.40. The van der Waals surface area contributed by atoms with Gasteiger partial charge in [0, 0.05) is 12.1 Å². The molecule has 3 nitrogen and oxygen atoms in total. The van der Waals surface area contributed by atoms with Gasteiger partial charge in [-0.3, -0.25) is 0 Å². The molecule has 0 saturated carbocycles. The molecule has 1 aromatic heterocycles. The number of nitrogens with two attached hydrogens (primary N) is 1. The van der Waals surface area contributed by atoms with Crippen LogP contribution in [0.15, 0.2) is 12.3 Å². The van der Waals surface area contributed by atoms with Crippen LogP contribution in [0.2, 0.25) is 0 Å². The topological polar surface area (TPSA) is 42.1 Å². The largest absolute Gasteiger partial charge is 0.397 e. The van der Waals surface area contributed by atoms with Crippen molar-refractivity contribution < 1.29 is 0 Å². The molecule has 0 aliphatic carbocycles. The molecule has 14 heavy (non-hydrogen) atoms. The number of nitrogens with zero attached hydrogens (tertiary/aromatic N) is 2. The molecule has 0 amide bonds. The van der Waals surface area contributed by atoms with E-state index in [2.05, 4.69) is 30.7 Å². The molecule has 76 valence electrons. The quantitative estimate of drug-likeness (QED) is 0.680. The van der Waals surface area contributed by atoms with E-state index in [1.165, 1.54) is 5.56 Å². The summed E-state index contributed by atoms with van der Waals surface area (Å²) in [5.41, 5.74) is 7.89. The number of fused-ring (bicyclic) bond motifs is 1. The van der Waals surface area contributed by atoms with Crippen molar-refractivity contribution in [1.29, 1.82) is 0 Å². The number of aromatic nitrogens is 1. The molecule has 0 radical (unpaired) electrons. The molecular formula is C11H17N3. The van der Waals surface area contributed by atoms with E-state index in [-0.39, 0.29) is 5.54 Å². The fraction of sp³-hybridized carbons (Fsp3) is 0.545. The molecule has 0 bridgehead atoms. The van der Waals surface area contributed by atoms with E-state index in [4.69, 9.17) is 5.73 Å². The number of hydrogen-bond acceptors (Lipinski definition) is 3. The summed E-state index contributed by atoms with van der Waals surface area (Å²) in [7, 11) is 0. The van der Waals surface area contributed by atoms with E-state index in [1.54, 1.807) is 6.20 Å². The van der Waals surface area contributed by atoms with Crippen LogP contribution in [0, 0.1) is 0 Å². The third kappa shape index (κ3) is 1.43. The van der Waals surface area contributed by atoms with Gasteiger partial charge in [-0.1, -0.05) is 0 Å². The van der Waals surface area contributed by atoms with Crippen LogP contribution in [0.1, 0.15) is 26.3 Å². The van der Waals surface area contributed by atoms with E-state index in [1.807, 2.05) is 6.07 Å². The average molecular weight is 191 g/mol. The fourth-order valence-corrected chi connectivity index (χ4v) is 1.94. The van der Waals surface area contributed by atoms with Gasteiger partial charge >= 0.3 is 0 Å². The molecule has 0 fully saturated rings. The molecule has 3 heteroatoms. The summed E-state index contributed by atoms with van der Waals surface area (Å²) >= 11 is 0. The van der Waals surface area contributed by atoms with Gasteiger partial charge < -0.3 is 10.6 Å². The van der Waals surface area contributed by atoms with Crippen molar-refractivity contribution in [3.63, 3.8) is 0 Å². The predicted octanol–water partition coefficient (Wildman–Crippen LogP) is 1.82. The van der Waals surface area contributed by atoms with Crippen LogP contribution in [-0.2, 0) is 6.42 Å². The Labute approximate surface area is 84.9 Å². The van der Waals surface area contributed by atoms with Gasteiger partial charge in [0.05, 0.1) is 11.9 Å². The number of pyridine rings is 1. The highest BCUT2D eigenvalue weighted by molar-refractivity contribution is 5.58. The SMILES string of the molecule is CC(C)(C)N1CCc2cc(N)cnc21. The summed E-state index contributed by atoms with van der Waals surface area (Å²) in [6.45, 7) is 7.68. The van der Waals surface area contributed by atoms with Crippen LogP contribution >= 0.6 is 0 Å². The van der Waals surface area contributed by atoms with Gasteiger partial charge in [-0.05, 0) is 38.8 Å². The van der Waals surface area contributed by atoms with Crippen LogP contribution < -0.4 is 10.6 Å². The first kappa shape index (κ1) is 9.31. The average Bonchev–Trinajstić information content (AvgIpc) is 2.45. The third-order valence-electron chi connectivity index (χ3n) is 2.63. The first-order chi connectivity index (χ1) is 6.48. The highest BCUT2D eigenvalue weighted by Crippen LogP contribution is 2.32. The smallest absolute Gasteiger partial charge is 0.132 e. The minimum atomic E-state index is 0.147. The van der Waals surface area contributed by atoms with E-state index < -0.39 is 0 Å². The molecule has 2 rings (SSSR count). The van der Waals surface area contributed by atoms with Crippen molar-refractivity contribution in [2.75, 3.05) is 17.2 Å². The fourth-order valence-electron chi connectivity index (χ4n) is 1.94. The second kappa shape index (κ2) is 2.87. The van der Waals surface area contributed by atoms with Gasteiger partial charge in [0.25, 0.3) is 0 Å². The van der Waals surface area contributed by atoms with Crippen molar-refractivity contribution in [2.45, 2.75) is 32.7 Å². The van der Waals surface area contributed by atoms with Gasteiger partial charge in [-0.25, -0.2) is 4.98 Å². The summed E-state index contributed by atoms with van der Waals surface area (Å²) in [5, 5.41) is 0. The first-order valence-electron chi connectivity index (χ1n) is 5.00. The molecule has 0 unspecified atom stereocenters. The Morgan fingerprint density at radius 3 is 2.79 bits per heavy atom. The summed E-state index contributed by atoms with van der Waals surface area (Å²) < 4.78 is 0. The Morgan fingerprint density at radius 2 is 2.14 bits per heavy atom. The van der Waals surface area contributed by atoms with Crippen molar-refractivity contribution in [3.8, 4) is 0 Å². The standard InChI is InChI=1S/C11H17N3/c1-11(2,3)14-5-4-8-6-9(12)7-13-10(8)14/h6-7H,4-5,12H2,1-3H3. The molecular weight excluding hydrogens is 174 g/mol. The molecule has 0 aromatic carbocycles. The predicted molar refractivity (Wildman–Crippen MR) is 59.5 cm³/mol. The molecule has 0 atom stereocenters. The zero-order valence-corrected chi connectivity index (χ0v) is 9.04. The second-order valence-corrected chi connectivity index (χ2v) is 4.82. The van der Waals surface area contributed by atoms with E-state index >= 15 is 0 Å². The Hall–Kier alpha value is -1.25. The molecule has 1 aliphatic heterocycles. The molecule has 2 N–H and O–H groups in total. The molecule has 0 saturated heterocycles.